The Labute approximate surface area is 157 Å². The molecule has 1 atom stereocenters. The zero-order chi connectivity index (χ0) is 18.7. The highest BCUT2D eigenvalue weighted by molar-refractivity contribution is 5.97. The molecular formula is C21H33N3O2. The van der Waals surface area contributed by atoms with E-state index in [0.29, 0.717) is 12.5 Å². The Kier molecular flexibility index (Phi) is 6.00. The topological polar surface area (TPSA) is 44.8 Å². The summed E-state index contributed by atoms with van der Waals surface area (Å²) in [7, 11) is 0. The van der Waals surface area contributed by atoms with Gasteiger partial charge in [-0.15, -0.1) is 0 Å². The molecule has 2 aliphatic rings. The molecule has 0 unspecified atom stereocenters. The number of anilines is 1. The maximum atomic E-state index is 13.0. The van der Waals surface area contributed by atoms with Crippen LogP contribution in [0.5, 0.6) is 0 Å². The molecule has 1 aromatic carbocycles. The smallest absolute Gasteiger partial charge is 0.241 e. The van der Waals surface area contributed by atoms with Crippen molar-refractivity contribution in [2.45, 2.75) is 45.6 Å². The van der Waals surface area contributed by atoms with Crippen LogP contribution in [-0.4, -0.2) is 62.3 Å². The van der Waals surface area contributed by atoms with Crippen molar-refractivity contribution >= 4 is 11.6 Å². The number of fused-ring (bicyclic) bond motifs is 1. The van der Waals surface area contributed by atoms with Gasteiger partial charge in [0.2, 0.25) is 5.91 Å². The number of nitrogens with zero attached hydrogens (tertiary/aromatic N) is 2. The van der Waals surface area contributed by atoms with Crippen molar-refractivity contribution in [1.82, 2.24) is 10.2 Å². The largest absolute Gasteiger partial charge is 0.379 e. The molecule has 1 aromatic rings. The average molecular weight is 360 g/mol. The van der Waals surface area contributed by atoms with E-state index in [2.05, 4.69) is 56.1 Å². The SMILES string of the molecule is Cc1ccc2c(c1)[C@H](C)CC(C)(C)N2C(=O)CNCCN1CCOCC1. The van der Waals surface area contributed by atoms with Crippen LogP contribution in [0.4, 0.5) is 5.69 Å². The van der Waals surface area contributed by atoms with E-state index in [0.717, 1.165) is 51.5 Å². The Morgan fingerprint density at radius 3 is 2.77 bits per heavy atom. The standard InChI is InChI=1S/C21H33N3O2/c1-16-5-6-19-18(13-16)17(2)14-21(3,4)24(19)20(25)15-22-7-8-23-9-11-26-12-10-23/h5-6,13,17,22H,7-12,14-15H2,1-4H3/t17-/m1/s1. The van der Waals surface area contributed by atoms with E-state index in [4.69, 9.17) is 4.74 Å². The first-order valence-electron chi connectivity index (χ1n) is 9.83. The number of carbonyl (C=O) groups is 1. The van der Waals surface area contributed by atoms with E-state index in [1.165, 1.54) is 11.1 Å². The lowest BCUT2D eigenvalue weighted by molar-refractivity contribution is -0.119. The predicted molar refractivity (Wildman–Crippen MR) is 106 cm³/mol. The minimum atomic E-state index is -0.162. The van der Waals surface area contributed by atoms with Crippen LogP contribution in [0.15, 0.2) is 18.2 Å². The summed E-state index contributed by atoms with van der Waals surface area (Å²) < 4.78 is 5.37. The van der Waals surface area contributed by atoms with E-state index in [9.17, 15) is 4.79 Å². The number of aryl methyl sites for hydroxylation is 1. The van der Waals surface area contributed by atoms with Gasteiger partial charge < -0.3 is 15.0 Å². The minimum absolute atomic E-state index is 0.161. The van der Waals surface area contributed by atoms with Crippen molar-refractivity contribution in [3.63, 3.8) is 0 Å². The molecule has 3 rings (SSSR count). The molecule has 2 aliphatic heterocycles. The number of hydrogen-bond donors (Lipinski definition) is 1. The van der Waals surface area contributed by atoms with Gasteiger partial charge in [0, 0.05) is 37.4 Å². The molecule has 26 heavy (non-hydrogen) atoms. The fourth-order valence-electron chi connectivity index (χ4n) is 4.36. The van der Waals surface area contributed by atoms with Crippen LogP contribution in [-0.2, 0) is 9.53 Å². The number of rotatable bonds is 5. The Bertz CT molecular complexity index is 638. The first-order valence-corrected chi connectivity index (χ1v) is 9.83. The van der Waals surface area contributed by atoms with Crippen LogP contribution >= 0.6 is 0 Å². The van der Waals surface area contributed by atoms with Crippen molar-refractivity contribution < 1.29 is 9.53 Å². The maximum absolute atomic E-state index is 13.0. The number of ether oxygens (including phenoxy) is 1. The molecule has 0 bridgehead atoms. The molecule has 144 valence electrons. The Hall–Kier alpha value is -1.43. The normalized spacial score (nSPS) is 22.9. The van der Waals surface area contributed by atoms with E-state index < -0.39 is 0 Å². The van der Waals surface area contributed by atoms with Crippen LogP contribution in [0.1, 0.15) is 44.2 Å². The number of amides is 1. The molecule has 0 aromatic heterocycles. The van der Waals surface area contributed by atoms with Gasteiger partial charge in [-0.2, -0.15) is 0 Å². The molecule has 5 heteroatoms. The lowest BCUT2D eigenvalue weighted by atomic mass is 9.79. The Balaban J connectivity index is 1.62. The van der Waals surface area contributed by atoms with Crippen LogP contribution in [0.25, 0.3) is 0 Å². The molecule has 1 amide bonds. The minimum Gasteiger partial charge on any atom is -0.379 e. The van der Waals surface area contributed by atoms with Crippen molar-refractivity contribution in [3.8, 4) is 0 Å². The van der Waals surface area contributed by atoms with Gasteiger partial charge in [-0.05, 0) is 44.7 Å². The Morgan fingerprint density at radius 1 is 1.31 bits per heavy atom. The number of benzene rings is 1. The third-order valence-corrected chi connectivity index (χ3v) is 5.60. The highest BCUT2D eigenvalue weighted by Crippen LogP contribution is 2.43. The third kappa shape index (κ3) is 4.27. The van der Waals surface area contributed by atoms with Gasteiger partial charge in [0.15, 0.2) is 0 Å². The fourth-order valence-corrected chi connectivity index (χ4v) is 4.36. The summed E-state index contributed by atoms with van der Waals surface area (Å²) in [6.07, 6.45) is 0.989. The third-order valence-electron chi connectivity index (χ3n) is 5.60. The summed E-state index contributed by atoms with van der Waals surface area (Å²) in [6.45, 7) is 14.5. The first-order chi connectivity index (χ1) is 12.4. The second-order valence-corrected chi connectivity index (χ2v) is 8.34. The van der Waals surface area contributed by atoms with Gasteiger partial charge in [-0.3, -0.25) is 9.69 Å². The summed E-state index contributed by atoms with van der Waals surface area (Å²) in [5.74, 6) is 0.632. The summed E-state index contributed by atoms with van der Waals surface area (Å²) in [6, 6.07) is 6.47. The van der Waals surface area contributed by atoms with Gasteiger partial charge in [0.05, 0.1) is 19.8 Å². The van der Waals surface area contributed by atoms with Gasteiger partial charge in [-0.1, -0.05) is 24.6 Å². The van der Waals surface area contributed by atoms with Crippen molar-refractivity contribution in [2.24, 2.45) is 0 Å². The van der Waals surface area contributed by atoms with Gasteiger partial charge in [0.25, 0.3) is 0 Å². The second kappa shape index (κ2) is 8.07. The lowest BCUT2D eigenvalue weighted by Crippen LogP contribution is -2.54. The van der Waals surface area contributed by atoms with E-state index in [-0.39, 0.29) is 11.4 Å². The lowest BCUT2D eigenvalue weighted by Gasteiger charge is -2.46. The van der Waals surface area contributed by atoms with Gasteiger partial charge >= 0.3 is 0 Å². The zero-order valence-corrected chi connectivity index (χ0v) is 16.7. The number of nitrogens with one attached hydrogen (secondary N) is 1. The van der Waals surface area contributed by atoms with Gasteiger partial charge in [0.1, 0.15) is 0 Å². The monoisotopic (exact) mass is 359 g/mol. The molecule has 0 radical (unpaired) electrons. The summed E-state index contributed by atoms with van der Waals surface area (Å²) in [4.78, 5) is 17.4. The number of hydrogen-bond acceptors (Lipinski definition) is 4. The summed E-state index contributed by atoms with van der Waals surface area (Å²) >= 11 is 0. The molecule has 1 saturated heterocycles. The summed E-state index contributed by atoms with van der Waals surface area (Å²) in [5, 5.41) is 3.35. The van der Waals surface area contributed by atoms with Gasteiger partial charge in [-0.25, -0.2) is 0 Å². The number of carbonyl (C=O) groups excluding carboxylic acids is 1. The molecule has 0 aliphatic carbocycles. The van der Waals surface area contributed by atoms with Crippen LogP contribution in [0.3, 0.4) is 0 Å². The molecule has 0 saturated carbocycles. The second-order valence-electron chi connectivity index (χ2n) is 8.34. The fraction of sp³-hybridized carbons (Fsp3) is 0.667. The van der Waals surface area contributed by atoms with E-state index in [1.807, 2.05) is 4.90 Å². The first kappa shape index (κ1) is 19.3. The molecule has 2 heterocycles. The number of morpholine rings is 1. The quantitative estimate of drug-likeness (QED) is 0.821. The average Bonchev–Trinajstić information content (AvgIpc) is 2.59. The van der Waals surface area contributed by atoms with Crippen LogP contribution in [0.2, 0.25) is 0 Å². The maximum Gasteiger partial charge on any atom is 0.241 e. The van der Waals surface area contributed by atoms with Crippen molar-refractivity contribution in [1.29, 1.82) is 0 Å². The van der Waals surface area contributed by atoms with Crippen LogP contribution < -0.4 is 10.2 Å². The highest BCUT2D eigenvalue weighted by atomic mass is 16.5. The van der Waals surface area contributed by atoms with Crippen molar-refractivity contribution in [3.05, 3.63) is 29.3 Å². The molecular weight excluding hydrogens is 326 g/mol. The highest BCUT2D eigenvalue weighted by Gasteiger charge is 2.39. The Morgan fingerprint density at radius 2 is 2.04 bits per heavy atom. The van der Waals surface area contributed by atoms with E-state index in [1.54, 1.807) is 0 Å². The zero-order valence-electron chi connectivity index (χ0n) is 16.7. The molecule has 0 spiro atoms. The molecule has 1 N–H and O–H groups in total. The molecule has 1 fully saturated rings. The molecule has 5 nitrogen and oxygen atoms in total. The van der Waals surface area contributed by atoms with Crippen LogP contribution in [0, 0.1) is 6.92 Å². The van der Waals surface area contributed by atoms with Crippen molar-refractivity contribution in [2.75, 3.05) is 50.8 Å². The summed E-state index contributed by atoms with van der Waals surface area (Å²) in [5.41, 5.74) is 3.47. The van der Waals surface area contributed by atoms with E-state index >= 15 is 0 Å². The predicted octanol–water partition coefficient (Wildman–Crippen LogP) is 2.54.